The van der Waals surface area contributed by atoms with Gasteiger partial charge in [-0.3, -0.25) is 4.79 Å². The first-order valence-electron chi connectivity index (χ1n) is 6.75. The van der Waals surface area contributed by atoms with Gasteiger partial charge < -0.3 is 19.6 Å². The van der Waals surface area contributed by atoms with E-state index in [1.165, 1.54) is 0 Å². The van der Waals surface area contributed by atoms with Gasteiger partial charge in [-0.1, -0.05) is 13.8 Å². The minimum absolute atomic E-state index is 0.0178. The fourth-order valence-electron chi connectivity index (χ4n) is 2.69. The molecule has 19 heavy (non-hydrogen) atoms. The summed E-state index contributed by atoms with van der Waals surface area (Å²) < 4.78 is 5.38. The molecule has 2 heterocycles. The number of nitrogens with zero attached hydrogens (tertiary/aromatic N) is 2. The lowest BCUT2D eigenvalue weighted by molar-refractivity contribution is -0.141. The van der Waals surface area contributed by atoms with Crippen molar-refractivity contribution in [1.29, 1.82) is 0 Å². The maximum atomic E-state index is 12.4. The number of hydrogen-bond acceptors (Lipinski definition) is 3. The highest BCUT2D eigenvalue weighted by atomic mass is 16.5. The number of carboxylic acid groups (broad SMARTS) is 1. The van der Waals surface area contributed by atoms with Crippen LogP contribution in [0.1, 0.15) is 26.7 Å². The summed E-state index contributed by atoms with van der Waals surface area (Å²) in [6.07, 6.45) is 0.586. The lowest BCUT2D eigenvalue weighted by Crippen LogP contribution is -2.51. The third-order valence-electron chi connectivity index (χ3n) is 3.76. The molecule has 0 aromatic carbocycles. The summed E-state index contributed by atoms with van der Waals surface area (Å²) in [5.41, 5.74) is 0.183. The molecule has 1 atom stereocenters. The molecule has 108 valence electrons. The number of carbonyl (C=O) groups excluding carboxylic acids is 1. The van der Waals surface area contributed by atoms with Crippen LogP contribution >= 0.6 is 0 Å². The number of likely N-dealkylation sites (tertiary alicyclic amines) is 1. The van der Waals surface area contributed by atoms with Gasteiger partial charge in [-0.15, -0.1) is 0 Å². The number of aliphatic carboxylic acids is 1. The average Bonchev–Trinajstić information content (AvgIpc) is 2.68. The van der Waals surface area contributed by atoms with Gasteiger partial charge in [-0.05, 0) is 11.8 Å². The molecule has 6 nitrogen and oxygen atoms in total. The van der Waals surface area contributed by atoms with Gasteiger partial charge in [0.1, 0.15) is 0 Å². The monoisotopic (exact) mass is 270 g/mol. The van der Waals surface area contributed by atoms with Gasteiger partial charge >= 0.3 is 12.0 Å². The second-order valence-corrected chi connectivity index (χ2v) is 6.16. The van der Waals surface area contributed by atoms with Gasteiger partial charge in [0.25, 0.3) is 0 Å². The molecule has 1 unspecified atom stereocenters. The van der Waals surface area contributed by atoms with E-state index < -0.39 is 5.97 Å². The van der Waals surface area contributed by atoms with E-state index in [0.29, 0.717) is 19.7 Å². The SMILES string of the molecule is CC1(C)CCN(C(=O)N2CCOC(CC(=O)O)C2)C1. The van der Waals surface area contributed by atoms with Crippen LogP contribution in [0.25, 0.3) is 0 Å². The quantitative estimate of drug-likeness (QED) is 0.813. The highest BCUT2D eigenvalue weighted by molar-refractivity contribution is 5.75. The van der Waals surface area contributed by atoms with Crippen molar-refractivity contribution < 1.29 is 19.4 Å². The van der Waals surface area contributed by atoms with Crippen LogP contribution in [0.2, 0.25) is 0 Å². The summed E-state index contributed by atoms with van der Waals surface area (Å²) in [6, 6.07) is 0.0178. The van der Waals surface area contributed by atoms with Crippen LogP contribution in [0.4, 0.5) is 4.79 Å². The van der Waals surface area contributed by atoms with Gasteiger partial charge in [-0.2, -0.15) is 0 Å². The number of hydrogen-bond donors (Lipinski definition) is 1. The predicted octanol–water partition coefficient (Wildman–Crippen LogP) is 1.01. The smallest absolute Gasteiger partial charge is 0.320 e. The molecule has 2 fully saturated rings. The summed E-state index contributed by atoms with van der Waals surface area (Å²) in [4.78, 5) is 26.6. The first-order valence-corrected chi connectivity index (χ1v) is 6.75. The van der Waals surface area contributed by atoms with Gasteiger partial charge in [-0.25, -0.2) is 4.79 Å². The van der Waals surface area contributed by atoms with Crippen molar-refractivity contribution in [1.82, 2.24) is 9.80 Å². The number of rotatable bonds is 2. The highest BCUT2D eigenvalue weighted by Gasteiger charge is 2.35. The molecule has 2 amide bonds. The number of carboxylic acids is 1. The molecule has 1 N–H and O–H groups in total. The molecule has 0 bridgehead atoms. The largest absolute Gasteiger partial charge is 0.481 e. The molecule has 2 rings (SSSR count). The maximum absolute atomic E-state index is 12.4. The molecular formula is C13H22N2O4. The van der Waals surface area contributed by atoms with Crippen LogP contribution in [0.15, 0.2) is 0 Å². The van der Waals surface area contributed by atoms with Crippen molar-refractivity contribution in [2.24, 2.45) is 5.41 Å². The topological polar surface area (TPSA) is 70.1 Å². The van der Waals surface area contributed by atoms with E-state index >= 15 is 0 Å². The van der Waals surface area contributed by atoms with E-state index in [9.17, 15) is 9.59 Å². The Balaban J connectivity index is 1.90. The third-order valence-corrected chi connectivity index (χ3v) is 3.76. The van der Waals surface area contributed by atoms with E-state index in [1.807, 2.05) is 4.90 Å². The minimum atomic E-state index is -0.887. The standard InChI is InChI=1S/C13H22N2O4/c1-13(2)3-4-15(9-13)12(18)14-5-6-19-10(8-14)7-11(16)17/h10H,3-9H2,1-2H3,(H,16,17). The molecule has 2 saturated heterocycles. The zero-order chi connectivity index (χ0) is 14.0. The van der Waals surface area contributed by atoms with Gasteiger partial charge in [0, 0.05) is 26.2 Å². The number of urea groups is 1. The minimum Gasteiger partial charge on any atom is -0.481 e. The number of morpholine rings is 1. The van der Waals surface area contributed by atoms with E-state index in [0.717, 1.165) is 19.5 Å². The lowest BCUT2D eigenvalue weighted by Gasteiger charge is -2.35. The first-order chi connectivity index (χ1) is 8.87. The average molecular weight is 270 g/mol. The second-order valence-electron chi connectivity index (χ2n) is 6.16. The van der Waals surface area contributed by atoms with Gasteiger partial charge in [0.05, 0.1) is 19.1 Å². The van der Waals surface area contributed by atoms with Crippen molar-refractivity contribution in [3.8, 4) is 0 Å². The van der Waals surface area contributed by atoms with E-state index in [2.05, 4.69) is 13.8 Å². The Bertz CT molecular complexity index is 370. The van der Waals surface area contributed by atoms with Crippen LogP contribution in [-0.2, 0) is 9.53 Å². The molecule has 2 aliphatic heterocycles. The van der Waals surface area contributed by atoms with Crippen LogP contribution in [0.5, 0.6) is 0 Å². The fourth-order valence-corrected chi connectivity index (χ4v) is 2.69. The summed E-state index contributed by atoms with van der Waals surface area (Å²) in [6.45, 7) is 7.22. The molecule has 0 aromatic rings. The zero-order valence-corrected chi connectivity index (χ0v) is 11.6. The van der Waals surface area contributed by atoms with Crippen LogP contribution < -0.4 is 0 Å². The van der Waals surface area contributed by atoms with Crippen molar-refractivity contribution in [2.75, 3.05) is 32.8 Å². The van der Waals surface area contributed by atoms with E-state index in [4.69, 9.17) is 9.84 Å². The third kappa shape index (κ3) is 3.59. The summed E-state index contributed by atoms with van der Waals surface area (Å²) in [5.74, 6) is -0.887. The molecule has 2 aliphatic rings. The van der Waals surface area contributed by atoms with Crippen LogP contribution in [0, 0.1) is 5.41 Å². The maximum Gasteiger partial charge on any atom is 0.320 e. The second kappa shape index (κ2) is 5.36. The molecule has 0 aromatic heterocycles. The van der Waals surface area contributed by atoms with Crippen molar-refractivity contribution in [3.63, 3.8) is 0 Å². The summed E-state index contributed by atoms with van der Waals surface area (Å²) in [7, 11) is 0. The fraction of sp³-hybridized carbons (Fsp3) is 0.846. The Morgan fingerprint density at radius 2 is 2.05 bits per heavy atom. The number of amides is 2. The summed E-state index contributed by atoms with van der Waals surface area (Å²) in [5, 5.41) is 8.78. The van der Waals surface area contributed by atoms with E-state index in [-0.39, 0.29) is 24.0 Å². The molecule has 0 radical (unpaired) electrons. The number of carbonyl (C=O) groups is 2. The van der Waals surface area contributed by atoms with Crippen molar-refractivity contribution in [3.05, 3.63) is 0 Å². The molecule has 0 spiro atoms. The van der Waals surface area contributed by atoms with Gasteiger partial charge in [0.2, 0.25) is 0 Å². The van der Waals surface area contributed by atoms with E-state index in [1.54, 1.807) is 4.90 Å². The summed E-state index contributed by atoms with van der Waals surface area (Å²) >= 11 is 0. The van der Waals surface area contributed by atoms with Crippen LogP contribution in [0.3, 0.4) is 0 Å². The normalized spacial score (nSPS) is 26.5. The Morgan fingerprint density at radius 1 is 1.32 bits per heavy atom. The lowest BCUT2D eigenvalue weighted by atomic mass is 9.93. The first kappa shape index (κ1) is 14.1. The van der Waals surface area contributed by atoms with Gasteiger partial charge in [0.15, 0.2) is 0 Å². The highest BCUT2D eigenvalue weighted by Crippen LogP contribution is 2.29. The van der Waals surface area contributed by atoms with Crippen molar-refractivity contribution in [2.45, 2.75) is 32.8 Å². The Morgan fingerprint density at radius 3 is 2.63 bits per heavy atom. The predicted molar refractivity (Wildman–Crippen MR) is 68.9 cm³/mol. The van der Waals surface area contributed by atoms with Crippen LogP contribution in [-0.4, -0.2) is 65.8 Å². The molecular weight excluding hydrogens is 248 g/mol. The Labute approximate surface area is 113 Å². The number of ether oxygens (including phenoxy) is 1. The molecule has 0 aliphatic carbocycles. The molecule has 6 heteroatoms. The zero-order valence-electron chi connectivity index (χ0n) is 11.6. The molecule has 0 saturated carbocycles. The van der Waals surface area contributed by atoms with Crippen molar-refractivity contribution >= 4 is 12.0 Å². The Hall–Kier alpha value is -1.30. The Kier molecular flexibility index (Phi) is 3.99.